The lowest BCUT2D eigenvalue weighted by Crippen LogP contribution is -2.32. The van der Waals surface area contributed by atoms with Crippen LogP contribution in [0.25, 0.3) is 10.9 Å². The molecule has 0 aliphatic rings. The van der Waals surface area contributed by atoms with Gasteiger partial charge in [-0.3, -0.25) is 9.78 Å². The molecule has 1 atom stereocenters. The number of hydrogen-bond acceptors (Lipinski definition) is 4. The number of amides is 1. The van der Waals surface area contributed by atoms with Crippen molar-refractivity contribution in [3.8, 4) is 11.5 Å². The smallest absolute Gasteiger partial charge is 0.265 e. The van der Waals surface area contributed by atoms with E-state index in [9.17, 15) is 9.18 Å². The van der Waals surface area contributed by atoms with Gasteiger partial charge in [0.05, 0.1) is 12.3 Å². The highest BCUT2D eigenvalue weighted by Gasteiger charge is 2.21. The van der Waals surface area contributed by atoms with Gasteiger partial charge in [-0.1, -0.05) is 26.0 Å². The Hall–Kier alpha value is -3.15. The molecule has 0 bridgehead atoms. The molecule has 0 saturated carbocycles. The van der Waals surface area contributed by atoms with Crippen LogP contribution in [0.5, 0.6) is 11.5 Å². The zero-order chi connectivity index (χ0) is 19.9. The minimum absolute atomic E-state index is 0.0549. The Morgan fingerprint density at radius 3 is 2.68 bits per heavy atom. The number of anilines is 1. The number of rotatable bonds is 8. The normalized spacial score (nSPS) is 11.8. The molecule has 0 fully saturated rings. The number of carbonyl (C=O) groups excluding carboxylic acids is 1. The Balaban J connectivity index is 1.83. The number of fused-ring (bicyclic) bond motifs is 1. The molecule has 0 spiro atoms. The molecule has 0 radical (unpaired) electrons. The molecule has 1 heterocycles. The van der Waals surface area contributed by atoms with Gasteiger partial charge in [0, 0.05) is 11.6 Å². The van der Waals surface area contributed by atoms with Crippen molar-refractivity contribution in [3.05, 3.63) is 60.5 Å². The monoisotopic (exact) mass is 382 g/mol. The first-order chi connectivity index (χ1) is 13.6. The summed E-state index contributed by atoms with van der Waals surface area (Å²) in [5.41, 5.74) is 1.28. The van der Waals surface area contributed by atoms with Gasteiger partial charge in [0.15, 0.2) is 17.7 Å². The second kappa shape index (κ2) is 9.17. The summed E-state index contributed by atoms with van der Waals surface area (Å²) in [7, 11) is 0. The first-order valence-electron chi connectivity index (χ1n) is 9.36. The van der Waals surface area contributed by atoms with Crippen molar-refractivity contribution in [2.45, 2.75) is 32.8 Å². The molecule has 1 aromatic heterocycles. The number of aromatic nitrogens is 1. The summed E-state index contributed by atoms with van der Waals surface area (Å²) in [6.45, 7) is 4.43. The van der Waals surface area contributed by atoms with E-state index >= 15 is 0 Å². The summed E-state index contributed by atoms with van der Waals surface area (Å²) in [5.74, 6) is -0.122. The molecule has 146 valence electrons. The van der Waals surface area contributed by atoms with Crippen LogP contribution in [0.15, 0.2) is 54.7 Å². The Bertz CT molecular complexity index is 961. The molecule has 1 amide bonds. The molecule has 6 heteroatoms. The molecule has 0 aliphatic carbocycles. The van der Waals surface area contributed by atoms with Crippen molar-refractivity contribution in [1.29, 1.82) is 0 Å². The third-order valence-electron chi connectivity index (χ3n) is 4.22. The number of benzene rings is 2. The van der Waals surface area contributed by atoms with E-state index in [1.54, 1.807) is 36.5 Å². The highest BCUT2D eigenvalue weighted by molar-refractivity contribution is 6.04. The largest absolute Gasteiger partial charge is 0.491 e. The predicted molar refractivity (Wildman–Crippen MR) is 107 cm³/mol. The minimum atomic E-state index is -0.820. The first kappa shape index (κ1) is 19.6. The Labute approximate surface area is 163 Å². The van der Waals surface area contributed by atoms with E-state index in [0.717, 1.165) is 11.8 Å². The highest BCUT2D eigenvalue weighted by atomic mass is 19.1. The van der Waals surface area contributed by atoms with Gasteiger partial charge >= 0.3 is 0 Å². The first-order valence-corrected chi connectivity index (χ1v) is 9.36. The molecule has 3 rings (SSSR count). The third kappa shape index (κ3) is 4.39. The molecule has 0 saturated heterocycles. The lowest BCUT2D eigenvalue weighted by atomic mass is 10.1. The number of pyridine rings is 1. The van der Waals surface area contributed by atoms with Crippen molar-refractivity contribution >= 4 is 22.5 Å². The fourth-order valence-corrected chi connectivity index (χ4v) is 2.81. The van der Waals surface area contributed by atoms with E-state index in [2.05, 4.69) is 10.3 Å². The number of para-hydroxylation sites is 1. The topological polar surface area (TPSA) is 60.5 Å². The van der Waals surface area contributed by atoms with E-state index in [4.69, 9.17) is 9.47 Å². The lowest BCUT2D eigenvalue weighted by molar-refractivity contribution is -0.122. The van der Waals surface area contributed by atoms with Gasteiger partial charge in [0.2, 0.25) is 0 Å². The number of ether oxygens (including phenoxy) is 2. The van der Waals surface area contributed by atoms with Crippen LogP contribution < -0.4 is 14.8 Å². The van der Waals surface area contributed by atoms with Gasteiger partial charge < -0.3 is 14.8 Å². The average Bonchev–Trinajstić information content (AvgIpc) is 2.72. The number of nitrogens with one attached hydrogen (secondary N) is 1. The summed E-state index contributed by atoms with van der Waals surface area (Å²) < 4.78 is 25.2. The Morgan fingerprint density at radius 1 is 1.11 bits per heavy atom. The van der Waals surface area contributed by atoms with Crippen LogP contribution >= 0.6 is 0 Å². The minimum Gasteiger partial charge on any atom is -0.491 e. The van der Waals surface area contributed by atoms with Gasteiger partial charge in [0.25, 0.3) is 5.91 Å². The molecular formula is C22H23FN2O3. The molecular weight excluding hydrogens is 359 g/mol. The molecule has 3 aromatic rings. The van der Waals surface area contributed by atoms with Crippen LogP contribution in [0, 0.1) is 5.82 Å². The van der Waals surface area contributed by atoms with Gasteiger partial charge in [-0.05, 0) is 49.2 Å². The number of carbonyl (C=O) groups is 1. The molecule has 5 nitrogen and oxygen atoms in total. The second-order valence-corrected chi connectivity index (χ2v) is 6.29. The summed E-state index contributed by atoms with van der Waals surface area (Å²) in [4.78, 5) is 17.1. The summed E-state index contributed by atoms with van der Waals surface area (Å²) >= 11 is 0. The number of nitrogens with zero attached hydrogens (tertiary/aromatic N) is 1. The lowest BCUT2D eigenvalue weighted by Gasteiger charge is -2.18. The van der Waals surface area contributed by atoms with Crippen LogP contribution in [0.4, 0.5) is 10.1 Å². The zero-order valence-electron chi connectivity index (χ0n) is 15.9. The van der Waals surface area contributed by atoms with Gasteiger partial charge in [-0.15, -0.1) is 0 Å². The van der Waals surface area contributed by atoms with Gasteiger partial charge in [0.1, 0.15) is 11.3 Å². The van der Waals surface area contributed by atoms with Gasteiger partial charge in [-0.2, -0.15) is 0 Å². The predicted octanol–water partition coefficient (Wildman–Crippen LogP) is 4.96. The fourth-order valence-electron chi connectivity index (χ4n) is 2.81. The second-order valence-electron chi connectivity index (χ2n) is 6.29. The Kier molecular flexibility index (Phi) is 6.42. The molecule has 1 unspecified atom stereocenters. The van der Waals surface area contributed by atoms with Crippen LogP contribution in [-0.4, -0.2) is 23.6 Å². The quantitative estimate of drug-likeness (QED) is 0.598. The maximum Gasteiger partial charge on any atom is 0.265 e. The molecule has 1 N–H and O–H groups in total. The van der Waals surface area contributed by atoms with E-state index in [-0.39, 0.29) is 11.7 Å². The molecule has 2 aromatic carbocycles. The number of hydrogen-bond donors (Lipinski definition) is 1. The summed E-state index contributed by atoms with van der Waals surface area (Å²) in [5, 5.41) is 3.65. The van der Waals surface area contributed by atoms with E-state index in [1.165, 1.54) is 12.1 Å². The average molecular weight is 382 g/mol. The van der Waals surface area contributed by atoms with E-state index < -0.39 is 11.9 Å². The van der Waals surface area contributed by atoms with Crippen molar-refractivity contribution in [2.24, 2.45) is 0 Å². The van der Waals surface area contributed by atoms with Crippen LogP contribution in [-0.2, 0) is 4.79 Å². The van der Waals surface area contributed by atoms with E-state index in [1.807, 2.05) is 19.9 Å². The Morgan fingerprint density at radius 2 is 1.93 bits per heavy atom. The fraction of sp³-hybridized carbons (Fsp3) is 0.273. The summed E-state index contributed by atoms with van der Waals surface area (Å²) in [6, 6.07) is 13.3. The van der Waals surface area contributed by atoms with Crippen LogP contribution in [0.3, 0.4) is 0 Å². The van der Waals surface area contributed by atoms with E-state index in [0.29, 0.717) is 30.0 Å². The van der Waals surface area contributed by atoms with Gasteiger partial charge in [-0.25, -0.2) is 4.39 Å². The highest BCUT2D eigenvalue weighted by Crippen LogP contribution is 2.30. The van der Waals surface area contributed by atoms with Crippen LogP contribution in [0.2, 0.25) is 0 Å². The van der Waals surface area contributed by atoms with Crippen LogP contribution in [0.1, 0.15) is 26.7 Å². The third-order valence-corrected chi connectivity index (χ3v) is 4.22. The SMILES string of the molecule is CCCOc1ccc(NC(=O)C(CC)Oc2ccccc2F)c2cccnc12. The zero-order valence-corrected chi connectivity index (χ0v) is 15.9. The standard InChI is InChI=1S/C22H23FN2O3/c1-3-14-27-20-12-11-17(15-8-7-13-24-21(15)20)25-22(26)18(4-2)28-19-10-6-5-9-16(19)23/h5-13,18H,3-4,14H2,1-2H3,(H,25,26). The van der Waals surface area contributed by atoms with Crippen molar-refractivity contribution < 1.29 is 18.7 Å². The number of halogens is 1. The molecule has 28 heavy (non-hydrogen) atoms. The van der Waals surface area contributed by atoms with Crippen molar-refractivity contribution in [2.75, 3.05) is 11.9 Å². The van der Waals surface area contributed by atoms with Crippen molar-refractivity contribution in [1.82, 2.24) is 4.98 Å². The summed E-state index contributed by atoms with van der Waals surface area (Å²) in [6.07, 6.45) is 2.15. The van der Waals surface area contributed by atoms with Crippen molar-refractivity contribution in [3.63, 3.8) is 0 Å². The maximum atomic E-state index is 13.9. The molecule has 0 aliphatic heterocycles. The maximum absolute atomic E-state index is 13.9.